The second-order valence-corrected chi connectivity index (χ2v) is 5.55. The molecule has 1 aliphatic rings. The van der Waals surface area contributed by atoms with Crippen molar-refractivity contribution in [2.45, 2.75) is 19.3 Å². The second-order valence-electron chi connectivity index (χ2n) is 5.11. The first-order valence-electron chi connectivity index (χ1n) is 6.95. The lowest BCUT2D eigenvalue weighted by atomic mass is 10.1. The zero-order chi connectivity index (χ0) is 14.8. The smallest absolute Gasteiger partial charge is 0.141 e. The summed E-state index contributed by atoms with van der Waals surface area (Å²) in [6.45, 7) is 0. The summed E-state index contributed by atoms with van der Waals surface area (Å²) in [6.07, 6.45) is 3.50. The largest absolute Gasteiger partial charge is 0.497 e. The van der Waals surface area contributed by atoms with E-state index in [4.69, 9.17) is 27.4 Å². The van der Waals surface area contributed by atoms with E-state index in [-0.39, 0.29) is 0 Å². The minimum absolute atomic E-state index is 0.314. The van der Waals surface area contributed by atoms with Crippen LogP contribution in [-0.2, 0) is 12.8 Å². The molecule has 2 N–H and O–H groups in total. The molecule has 21 heavy (non-hydrogen) atoms. The van der Waals surface area contributed by atoms with Crippen LogP contribution in [0.1, 0.15) is 23.1 Å². The molecule has 0 radical (unpaired) electrons. The second kappa shape index (κ2) is 5.74. The maximum absolute atomic E-state index is 5.99. The van der Waals surface area contributed by atoms with E-state index < -0.39 is 0 Å². The van der Waals surface area contributed by atoms with Crippen molar-refractivity contribution in [2.75, 3.05) is 7.11 Å². The number of rotatable bonds is 4. The Labute approximate surface area is 129 Å². The molecule has 0 atom stereocenters. The molecule has 3 nitrogen and oxygen atoms in total. The van der Waals surface area contributed by atoms with E-state index in [1.807, 2.05) is 24.3 Å². The third-order valence-corrected chi connectivity index (χ3v) is 3.97. The Bertz CT molecular complexity index is 697. The molecule has 4 heteroatoms. The highest BCUT2D eigenvalue weighted by molar-refractivity contribution is 7.80. The minimum Gasteiger partial charge on any atom is -0.497 e. The molecule has 0 aromatic heterocycles. The highest BCUT2D eigenvalue weighted by Gasteiger charge is 2.13. The van der Waals surface area contributed by atoms with Crippen LogP contribution in [0.4, 0.5) is 0 Å². The summed E-state index contributed by atoms with van der Waals surface area (Å²) < 4.78 is 11.2. The molecule has 3 rings (SSSR count). The topological polar surface area (TPSA) is 44.5 Å². The lowest BCUT2D eigenvalue weighted by Gasteiger charge is -2.13. The number of hydrogen-bond donors (Lipinski definition) is 1. The molecule has 0 spiro atoms. The molecule has 0 bridgehead atoms. The van der Waals surface area contributed by atoms with Crippen LogP contribution in [0.15, 0.2) is 36.4 Å². The van der Waals surface area contributed by atoms with Crippen LogP contribution in [0.3, 0.4) is 0 Å². The normalized spacial score (nSPS) is 12.8. The standard InChI is InChI=1S/C17H17NO2S/c1-19-13-7-8-15(17(18)21)16(10-13)20-14-6-5-11-3-2-4-12(11)9-14/h5-10H,2-4H2,1H3,(H2,18,21). The van der Waals surface area contributed by atoms with Gasteiger partial charge in [0.25, 0.3) is 0 Å². The fraction of sp³-hybridized carbons (Fsp3) is 0.235. The number of thiocarbonyl (C=S) groups is 1. The van der Waals surface area contributed by atoms with E-state index in [0.717, 1.165) is 18.6 Å². The fourth-order valence-corrected chi connectivity index (χ4v) is 2.82. The number of benzene rings is 2. The molecule has 0 aliphatic heterocycles. The number of fused-ring (bicyclic) bond motifs is 1. The first-order chi connectivity index (χ1) is 10.2. The van der Waals surface area contributed by atoms with Gasteiger partial charge in [0, 0.05) is 6.07 Å². The van der Waals surface area contributed by atoms with Crippen molar-refractivity contribution in [3.8, 4) is 17.2 Å². The molecule has 108 valence electrons. The average molecular weight is 299 g/mol. The van der Waals surface area contributed by atoms with Crippen LogP contribution in [0, 0.1) is 0 Å². The molecule has 0 fully saturated rings. The molecular formula is C17H17NO2S. The van der Waals surface area contributed by atoms with Gasteiger partial charge in [0.05, 0.1) is 12.7 Å². The number of aryl methyl sites for hydroxylation is 2. The highest BCUT2D eigenvalue weighted by Crippen LogP contribution is 2.32. The Kier molecular flexibility index (Phi) is 3.80. The van der Waals surface area contributed by atoms with E-state index in [1.54, 1.807) is 7.11 Å². The third kappa shape index (κ3) is 2.85. The monoisotopic (exact) mass is 299 g/mol. The van der Waals surface area contributed by atoms with Crippen molar-refractivity contribution >= 4 is 17.2 Å². The molecule has 2 aromatic carbocycles. The molecule has 0 heterocycles. The number of ether oxygens (including phenoxy) is 2. The van der Waals surface area contributed by atoms with Gasteiger partial charge in [-0.05, 0) is 54.7 Å². The van der Waals surface area contributed by atoms with Crippen LogP contribution >= 0.6 is 12.2 Å². The Morgan fingerprint density at radius 1 is 1.05 bits per heavy atom. The zero-order valence-corrected chi connectivity index (χ0v) is 12.7. The van der Waals surface area contributed by atoms with Crippen LogP contribution < -0.4 is 15.2 Å². The molecule has 2 aromatic rings. The van der Waals surface area contributed by atoms with E-state index in [9.17, 15) is 0 Å². The van der Waals surface area contributed by atoms with Crippen molar-refractivity contribution in [2.24, 2.45) is 5.73 Å². The number of methoxy groups -OCH3 is 1. The predicted molar refractivity (Wildman–Crippen MR) is 87.4 cm³/mol. The minimum atomic E-state index is 0.314. The van der Waals surface area contributed by atoms with Crippen molar-refractivity contribution in [1.29, 1.82) is 0 Å². The van der Waals surface area contributed by atoms with E-state index >= 15 is 0 Å². The lowest BCUT2D eigenvalue weighted by molar-refractivity contribution is 0.409. The first kappa shape index (κ1) is 13.9. The molecular weight excluding hydrogens is 282 g/mol. The van der Waals surface area contributed by atoms with Crippen molar-refractivity contribution in [3.05, 3.63) is 53.1 Å². The lowest BCUT2D eigenvalue weighted by Crippen LogP contribution is -2.10. The third-order valence-electron chi connectivity index (χ3n) is 3.75. The van der Waals surface area contributed by atoms with Gasteiger partial charge in [0.1, 0.15) is 22.2 Å². The fourth-order valence-electron chi connectivity index (χ4n) is 2.66. The van der Waals surface area contributed by atoms with E-state index in [2.05, 4.69) is 12.1 Å². The molecule has 0 saturated carbocycles. The van der Waals surface area contributed by atoms with Crippen LogP contribution in [0.2, 0.25) is 0 Å². The number of nitrogens with two attached hydrogens (primary N) is 1. The van der Waals surface area contributed by atoms with Gasteiger partial charge in [-0.2, -0.15) is 0 Å². The Morgan fingerprint density at radius 3 is 2.57 bits per heavy atom. The Balaban J connectivity index is 1.95. The summed E-state index contributed by atoms with van der Waals surface area (Å²) >= 11 is 5.08. The zero-order valence-electron chi connectivity index (χ0n) is 11.9. The van der Waals surface area contributed by atoms with Gasteiger partial charge < -0.3 is 15.2 Å². The van der Waals surface area contributed by atoms with Crippen LogP contribution in [0.25, 0.3) is 0 Å². The van der Waals surface area contributed by atoms with E-state index in [1.165, 1.54) is 17.5 Å². The summed E-state index contributed by atoms with van der Waals surface area (Å²) in [6, 6.07) is 11.7. The predicted octanol–water partition coefficient (Wildman–Crippen LogP) is 3.61. The average Bonchev–Trinajstić information content (AvgIpc) is 2.94. The van der Waals surface area contributed by atoms with Gasteiger partial charge in [0.2, 0.25) is 0 Å². The van der Waals surface area contributed by atoms with Crippen molar-refractivity contribution in [1.82, 2.24) is 0 Å². The molecule has 0 amide bonds. The summed E-state index contributed by atoms with van der Waals surface area (Å²) in [7, 11) is 1.62. The summed E-state index contributed by atoms with van der Waals surface area (Å²) in [4.78, 5) is 0.314. The van der Waals surface area contributed by atoms with Crippen molar-refractivity contribution < 1.29 is 9.47 Å². The first-order valence-corrected chi connectivity index (χ1v) is 7.35. The summed E-state index contributed by atoms with van der Waals surface area (Å²) in [5.41, 5.74) is 9.26. The van der Waals surface area contributed by atoms with Gasteiger partial charge in [-0.3, -0.25) is 0 Å². The SMILES string of the molecule is COc1ccc(C(N)=S)c(Oc2ccc3c(c2)CCC3)c1. The summed E-state index contributed by atoms with van der Waals surface area (Å²) in [5, 5.41) is 0. The van der Waals surface area contributed by atoms with Crippen molar-refractivity contribution in [3.63, 3.8) is 0 Å². The number of hydrogen-bond acceptors (Lipinski definition) is 3. The van der Waals surface area contributed by atoms with Gasteiger partial charge in [-0.1, -0.05) is 18.3 Å². The van der Waals surface area contributed by atoms with Gasteiger partial charge in [-0.15, -0.1) is 0 Å². The van der Waals surface area contributed by atoms with E-state index in [0.29, 0.717) is 22.1 Å². The highest BCUT2D eigenvalue weighted by atomic mass is 32.1. The summed E-state index contributed by atoms with van der Waals surface area (Å²) in [5.74, 6) is 2.15. The van der Waals surface area contributed by atoms with Gasteiger partial charge >= 0.3 is 0 Å². The Morgan fingerprint density at radius 2 is 1.81 bits per heavy atom. The van der Waals surface area contributed by atoms with Gasteiger partial charge in [0.15, 0.2) is 0 Å². The van der Waals surface area contributed by atoms with Crippen LogP contribution in [0.5, 0.6) is 17.2 Å². The molecule has 1 aliphatic carbocycles. The quantitative estimate of drug-likeness (QED) is 0.876. The van der Waals surface area contributed by atoms with Crippen LogP contribution in [-0.4, -0.2) is 12.1 Å². The van der Waals surface area contributed by atoms with Gasteiger partial charge in [-0.25, -0.2) is 0 Å². The maximum Gasteiger partial charge on any atom is 0.141 e. The molecule has 0 unspecified atom stereocenters. The maximum atomic E-state index is 5.99. The molecule has 0 saturated heterocycles. The Hall–Kier alpha value is -2.07.